The van der Waals surface area contributed by atoms with Gasteiger partial charge in [-0.3, -0.25) is 4.99 Å². The van der Waals surface area contributed by atoms with Crippen molar-refractivity contribution in [3.05, 3.63) is 54.2 Å². The van der Waals surface area contributed by atoms with Crippen LogP contribution in [0.5, 0.6) is 0 Å². The summed E-state index contributed by atoms with van der Waals surface area (Å²) in [5, 5.41) is 6.98. The minimum atomic E-state index is 0. The summed E-state index contributed by atoms with van der Waals surface area (Å²) < 4.78 is 5.61. The van der Waals surface area contributed by atoms with Crippen LogP contribution in [0.15, 0.2) is 53.7 Å². The number of anilines is 2. The van der Waals surface area contributed by atoms with E-state index in [0.29, 0.717) is 12.6 Å². The number of rotatable bonds is 5. The van der Waals surface area contributed by atoms with Gasteiger partial charge in [-0.25, -0.2) is 4.98 Å². The van der Waals surface area contributed by atoms with Crippen LogP contribution >= 0.6 is 24.0 Å². The Hall–Kier alpha value is -2.07. The molecule has 4 rings (SSSR count). The van der Waals surface area contributed by atoms with E-state index in [4.69, 9.17) is 4.74 Å². The first kappa shape index (κ1) is 23.6. The number of ether oxygens (including phenoxy) is 1. The number of nitrogens with zero attached hydrogens (tertiary/aromatic N) is 4. The molecule has 2 aliphatic heterocycles. The van der Waals surface area contributed by atoms with Crippen LogP contribution < -0.4 is 20.4 Å². The first-order valence-electron chi connectivity index (χ1n) is 10.8. The molecule has 0 spiro atoms. The van der Waals surface area contributed by atoms with E-state index in [1.165, 1.54) is 5.69 Å². The van der Waals surface area contributed by atoms with Crippen molar-refractivity contribution in [1.29, 1.82) is 0 Å². The molecular formula is C23H33IN6O. The van der Waals surface area contributed by atoms with E-state index >= 15 is 0 Å². The average molecular weight is 536 g/mol. The van der Waals surface area contributed by atoms with Crippen molar-refractivity contribution in [1.82, 2.24) is 15.6 Å². The summed E-state index contributed by atoms with van der Waals surface area (Å²) in [4.78, 5) is 13.7. The van der Waals surface area contributed by atoms with E-state index in [0.717, 1.165) is 56.5 Å². The summed E-state index contributed by atoms with van der Waals surface area (Å²) in [6.45, 7) is 7.39. The number of aliphatic imine (C=N–C) groups is 1. The van der Waals surface area contributed by atoms with Crippen LogP contribution in [0.25, 0.3) is 0 Å². The number of hydrogen-bond acceptors (Lipinski definition) is 5. The minimum Gasteiger partial charge on any atom is -0.375 e. The highest BCUT2D eigenvalue weighted by molar-refractivity contribution is 14.0. The lowest BCUT2D eigenvalue weighted by Crippen LogP contribution is -2.44. The van der Waals surface area contributed by atoms with Crippen molar-refractivity contribution < 1.29 is 4.74 Å². The highest BCUT2D eigenvalue weighted by Gasteiger charge is 2.23. The molecule has 2 aromatic rings. The van der Waals surface area contributed by atoms with Gasteiger partial charge in [0.15, 0.2) is 5.96 Å². The van der Waals surface area contributed by atoms with Gasteiger partial charge in [-0.15, -0.1) is 24.0 Å². The fourth-order valence-electron chi connectivity index (χ4n) is 4.06. The van der Waals surface area contributed by atoms with E-state index in [1.54, 1.807) is 0 Å². The van der Waals surface area contributed by atoms with E-state index in [-0.39, 0.29) is 30.1 Å². The maximum Gasteiger partial charge on any atom is 0.191 e. The number of halogens is 1. The lowest BCUT2D eigenvalue weighted by Gasteiger charge is -2.32. The molecule has 1 aromatic carbocycles. The minimum absolute atomic E-state index is 0. The van der Waals surface area contributed by atoms with Gasteiger partial charge in [-0.2, -0.15) is 0 Å². The Morgan fingerprint density at radius 3 is 2.68 bits per heavy atom. The molecule has 0 aliphatic carbocycles. The molecule has 0 bridgehead atoms. The third-order valence-corrected chi connectivity index (χ3v) is 5.71. The number of nitrogens with one attached hydrogen (secondary N) is 2. The predicted octanol–water partition coefficient (Wildman–Crippen LogP) is 2.87. The first-order chi connectivity index (χ1) is 14.7. The van der Waals surface area contributed by atoms with Crippen molar-refractivity contribution in [2.45, 2.75) is 32.0 Å². The maximum absolute atomic E-state index is 5.61. The largest absolute Gasteiger partial charge is 0.375 e. The van der Waals surface area contributed by atoms with Crippen molar-refractivity contribution in [2.24, 2.45) is 4.99 Å². The summed E-state index contributed by atoms with van der Waals surface area (Å²) in [5.41, 5.74) is 2.42. The molecule has 2 aliphatic rings. The number of hydrogen-bond donors (Lipinski definition) is 2. The molecule has 7 nitrogen and oxygen atoms in total. The Balaban J connectivity index is 0.00000272. The molecule has 0 saturated carbocycles. The topological polar surface area (TPSA) is 65.0 Å². The second-order valence-corrected chi connectivity index (χ2v) is 7.99. The van der Waals surface area contributed by atoms with Crippen molar-refractivity contribution in [2.75, 3.05) is 49.6 Å². The quantitative estimate of drug-likeness (QED) is 0.348. The number of aromatic nitrogens is 1. The number of benzene rings is 1. The van der Waals surface area contributed by atoms with Crippen LogP contribution in [0.1, 0.15) is 18.9 Å². The van der Waals surface area contributed by atoms with Crippen molar-refractivity contribution in [3.8, 4) is 0 Å². The molecule has 2 N–H and O–H groups in total. The highest BCUT2D eigenvalue weighted by Crippen LogP contribution is 2.19. The van der Waals surface area contributed by atoms with Crippen LogP contribution in [-0.2, 0) is 11.3 Å². The Labute approximate surface area is 202 Å². The Bertz CT molecular complexity index is 832. The number of para-hydroxylation sites is 1. The summed E-state index contributed by atoms with van der Waals surface area (Å²) in [7, 11) is 1.82. The standard InChI is InChI=1S/C23H32N6O.HI/c1-18-16-29(12-13-30-18)22-9-8-19(14-25-22)15-26-23(24-2)27-20-10-11-28(17-20)21-6-4-3-5-7-21;/h3-9,14,18,20H,10-13,15-17H2,1-2H3,(H2,24,26,27);1H. The zero-order valence-electron chi connectivity index (χ0n) is 18.3. The third-order valence-electron chi connectivity index (χ3n) is 5.71. The summed E-state index contributed by atoms with van der Waals surface area (Å²) in [5.74, 6) is 1.85. The van der Waals surface area contributed by atoms with E-state index < -0.39 is 0 Å². The van der Waals surface area contributed by atoms with E-state index in [9.17, 15) is 0 Å². The van der Waals surface area contributed by atoms with Crippen LogP contribution in [-0.4, -0.2) is 62.9 Å². The molecule has 31 heavy (non-hydrogen) atoms. The molecule has 3 heterocycles. The van der Waals surface area contributed by atoms with Gasteiger partial charge in [0.25, 0.3) is 0 Å². The van der Waals surface area contributed by atoms with Gasteiger partial charge in [0.05, 0.1) is 12.7 Å². The smallest absolute Gasteiger partial charge is 0.191 e. The van der Waals surface area contributed by atoms with Gasteiger partial charge in [0, 0.05) is 57.7 Å². The second kappa shape index (κ2) is 11.5. The molecule has 2 unspecified atom stereocenters. The van der Waals surface area contributed by atoms with Gasteiger partial charge in [-0.05, 0) is 37.1 Å². The third kappa shape index (κ3) is 6.46. The van der Waals surface area contributed by atoms with Crippen LogP contribution in [0.4, 0.5) is 11.5 Å². The Kier molecular flexibility index (Phi) is 8.77. The van der Waals surface area contributed by atoms with Gasteiger partial charge in [-0.1, -0.05) is 24.3 Å². The van der Waals surface area contributed by atoms with Crippen molar-refractivity contribution in [3.63, 3.8) is 0 Å². The Morgan fingerprint density at radius 2 is 1.97 bits per heavy atom. The molecular weight excluding hydrogens is 503 g/mol. The monoisotopic (exact) mass is 536 g/mol. The predicted molar refractivity (Wildman–Crippen MR) is 138 cm³/mol. The fraction of sp³-hybridized carbons (Fsp3) is 0.478. The Morgan fingerprint density at radius 1 is 1.13 bits per heavy atom. The molecule has 0 amide bonds. The summed E-state index contributed by atoms with van der Waals surface area (Å²) >= 11 is 0. The van der Waals surface area contributed by atoms with Crippen LogP contribution in [0.2, 0.25) is 0 Å². The lowest BCUT2D eigenvalue weighted by atomic mass is 10.2. The van der Waals surface area contributed by atoms with Crippen molar-refractivity contribution >= 4 is 41.4 Å². The average Bonchev–Trinajstić information content (AvgIpc) is 3.26. The number of guanidine groups is 1. The lowest BCUT2D eigenvalue weighted by molar-refractivity contribution is 0.0529. The fourth-order valence-corrected chi connectivity index (χ4v) is 4.06. The number of pyridine rings is 1. The number of morpholine rings is 1. The van der Waals surface area contributed by atoms with Gasteiger partial charge in [0.2, 0.25) is 0 Å². The molecule has 2 fully saturated rings. The molecule has 2 saturated heterocycles. The molecule has 168 valence electrons. The summed E-state index contributed by atoms with van der Waals surface area (Å²) in [6, 6.07) is 15.2. The SMILES string of the molecule is CN=C(NCc1ccc(N2CCOC(C)C2)nc1)NC1CCN(c2ccccc2)C1.I. The van der Waals surface area contributed by atoms with Crippen LogP contribution in [0.3, 0.4) is 0 Å². The zero-order chi connectivity index (χ0) is 20.8. The molecule has 1 aromatic heterocycles. The second-order valence-electron chi connectivity index (χ2n) is 7.99. The molecule has 0 radical (unpaired) electrons. The normalized spacial score (nSPS) is 21.5. The van der Waals surface area contributed by atoms with E-state index in [2.05, 4.69) is 79.8 Å². The van der Waals surface area contributed by atoms with Crippen LogP contribution in [0, 0.1) is 0 Å². The van der Waals surface area contributed by atoms with Gasteiger partial charge in [0.1, 0.15) is 5.82 Å². The highest BCUT2D eigenvalue weighted by atomic mass is 127. The maximum atomic E-state index is 5.61. The zero-order valence-corrected chi connectivity index (χ0v) is 20.7. The van der Waals surface area contributed by atoms with Gasteiger partial charge >= 0.3 is 0 Å². The first-order valence-corrected chi connectivity index (χ1v) is 10.8. The van der Waals surface area contributed by atoms with E-state index in [1.807, 2.05) is 13.2 Å². The molecule has 8 heteroatoms. The summed E-state index contributed by atoms with van der Waals surface area (Å²) in [6.07, 6.45) is 3.30. The molecule has 2 atom stereocenters. The van der Waals surface area contributed by atoms with Gasteiger partial charge < -0.3 is 25.2 Å².